The van der Waals surface area contributed by atoms with Crippen molar-refractivity contribution in [2.45, 2.75) is 13.5 Å². The minimum Gasteiger partial charge on any atom is -0.490 e. The number of nitrogens with zero attached hydrogens (tertiary/aromatic N) is 3. The summed E-state index contributed by atoms with van der Waals surface area (Å²) in [7, 11) is 1.31. The van der Waals surface area contributed by atoms with Gasteiger partial charge in [-0.3, -0.25) is 4.79 Å². The number of nitrogens with one attached hydrogen (secondary N) is 1. The predicted molar refractivity (Wildman–Crippen MR) is 116 cm³/mol. The van der Waals surface area contributed by atoms with E-state index in [1.165, 1.54) is 29.2 Å². The fourth-order valence-electron chi connectivity index (χ4n) is 3.12. The largest absolute Gasteiger partial charge is 0.490 e. The van der Waals surface area contributed by atoms with Crippen LogP contribution in [-0.4, -0.2) is 21.6 Å². The monoisotopic (exact) mass is 458 g/mol. The molecule has 0 spiro atoms. The molecular formula is C22H17F3N4O2S. The van der Waals surface area contributed by atoms with E-state index in [2.05, 4.69) is 15.3 Å². The Morgan fingerprint density at radius 2 is 1.91 bits per heavy atom. The number of ether oxygens (including phenoxy) is 1. The van der Waals surface area contributed by atoms with Gasteiger partial charge in [0.15, 0.2) is 17.5 Å². The summed E-state index contributed by atoms with van der Waals surface area (Å²) in [6, 6.07) is 7.46. The minimum atomic E-state index is -1.54. The number of aryl methyl sites for hydroxylation is 1. The van der Waals surface area contributed by atoms with E-state index in [0.29, 0.717) is 5.69 Å². The molecule has 0 bridgehead atoms. The highest BCUT2D eigenvalue weighted by Crippen LogP contribution is 2.27. The summed E-state index contributed by atoms with van der Waals surface area (Å²) in [5, 5.41) is 5.02. The molecule has 164 valence electrons. The lowest BCUT2D eigenvalue weighted by Gasteiger charge is -2.17. The molecule has 0 saturated heterocycles. The van der Waals surface area contributed by atoms with Gasteiger partial charge in [0.2, 0.25) is 11.7 Å². The summed E-state index contributed by atoms with van der Waals surface area (Å²) in [5.74, 6) is -4.08. The Morgan fingerprint density at radius 3 is 2.56 bits per heavy atom. The Balaban J connectivity index is 1.75. The van der Waals surface area contributed by atoms with Crippen LogP contribution in [0.2, 0.25) is 0 Å². The standard InChI is InChI=1S/C22H17F3N4O2S/c1-12-3-4-14(18-10-32-11-26-18)7-17(12)27-22-28-21(30)19(31-2)9-29(22)8-13-5-15(23)20(25)16(24)6-13/h3-7,9-11H,8H2,1-2H3,(H,27,28,30). The van der Waals surface area contributed by atoms with Crippen LogP contribution in [0, 0.1) is 24.4 Å². The molecule has 0 atom stereocenters. The van der Waals surface area contributed by atoms with Crippen LogP contribution in [0.1, 0.15) is 11.1 Å². The molecule has 0 aliphatic rings. The first-order valence-electron chi connectivity index (χ1n) is 9.41. The van der Waals surface area contributed by atoms with Crippen molar-refractivity contribution in [2.24, 2.45) is 0 Å². The minimum absolute atomic E-state index is 0.0495. The van der Waals surface area contributed by atoms with Gasteiger partial charge in [-0.25, -0.2) is 18.2 Å². The van der Waals surface area contributed by atoms with E-state index in [1.807, 2.05) is 30.5 Å². The van der Waals surface area contributed by atoms with Gasteiger partial charge in [-0.15, -0.1) is 11.3 Å². The summed E-state index contributed by atoms with van der Waals surface area (Å²) >= 11 is 1.47. The average molecular weight is 458 g/mol. The predicted octanol–water partition coefficient (Wildman–Crippen LogP) is 4.89. The molecule has 0 fully saturated rings. The first kappa shape index (κ1) is 21.6. The molecule has 10 heteroatoms. The van der Waals surface area contributed by atoms with Crippen LogP contribution < -0.4 is 15.6 Å². The maximum absolute atomic E-state index is 13.7. The molecule has 0 amide bonds. The zero-order valence-corrected chi connectivity index (χ0v) is 17.8. The second-order valence-electron chi connectivity index (χ2n) is 6.97. The lowest BCUT2D eigenvalue weighted by Crippen LogP contribution is -2.19. The van der Waals surface area contributed by atoms with Crippen LogP contribution in [0.25, 0.3) is 11.3 Å². The van der Waals surface area contributed by atoms with Crippen molar-refractivity contribution in [3.05, 3.63) is 86.4 Å². The van der Waals surface area contributed by atoms with Gasteiger partial charge in [0.1, 0.15) is 0 Å². The first-order valence-corrected chi connectivity index (χ1v) is 10.3. The Labute approximate surface area is 185 Å². The van der Waals surface area contributed by atoms with Crippen LogP contribution in [0.15, 0.2) is 52.2 Å². The molecule has 2 aromatic heterocycles. The van der Waals surface area contributed by atoms with Crippen molar-refractivity contribution in [3.8, 4) is 17.0 Å². The lowest BCUT2D eigenvalue weighted by atomic mass is 10.1. The first-order chi connectivity index (χ1) is 15.4. The van der Waals surface area contributed by atoms with Gasteiger partial charge in [0.25, 0.3) is 0 Å². The number of thiazole rings is 1. The quantitative estimate of drug-likeness (QED) is 0.417. The van der Waals surface area contributed by atoms with Gasteiger partial charge >= 0.3 is 5.56 Å². The smallest absolute Gasteiger partial charge is 0.316 e. The number of methoxy groups -OCH3 is 1. The third-order valence-electron chi connectivity index (χ3n) is 4.79. The summed E-state index contributed by atoms with van der Waals surface area (Å²) in [4.78, 5) is 20.6. The molecule has 0 aliphatic carbocycles. The number of hydrogen-bond acceptors (Lipinski definition) is 6. The van der Waals surface area contributed by atoms with E-state index in [4.69, 9.17) is 4.74 Å². The van der Waals surface area contributed by atoms with Crippen molar-refractivity contribution in [3.63, 3.8) is 0 Å². The molecule has 32 heavy (non-hydrogen) atoms. The van der Waals surface area contributed by atoms with E-state index in [0.717, 1.165) is 29.0 Å². The molecule has 2 heterocycles. The van der Waals surface area contributed by atoms with Crippen molar-refractivity contribution < 1.29 is 17.9 Å². The van der Waals surface area contributed by atoms with Gasteiger partial charge in [-0.2, -0.15) is 4.98 Å². The van der Waals surface area contributed by atoms with E-state index in [-0.39, 0.29) is 23.8 Å². The van der Waals surface area contributed by atoms with Crippen LogP contribution >= 0.6 is 11.3 Å². The van der Waals surface area contributed by atoms with Crippen LogP contribution in [0.3, 0.4) is 0 Å². The maximum Gasteiger partial charge on any atom is 0.316 e. The second-order valence-corrected chi connectivity index (χ2v) is 7.69. The molecule has 4 rings (SSSR count). The van der Waals surface area contributed by atoms with Gasteiger partial charge in [-0.1, -0.05) is 12.1 Å². The van der Waals surface area contributed by atoms with Crippen molar-refractivity contribution in [2.75, 3.05) is 12.4 Å². The molecular weight excluding hydrogens is 441 g/mol. The van der Waals surface area contributed by atoms with Crippen molar-refractivity contribution in [1.29, 1.82) is 0 Å². The third kappa shape index (κ3) is 4.35. The van der Waals surface area contributed by atoms with Crippen LogP contribution in [-0.2, 0) is 6.54 Å². The van der Waals surface area contributed by atoms with E-state index in [1.54, 1.807) is 5.51 Å². The number of aromatic nitrogens is 3. The Kier molecular flexibility index (Phi) is 5.95. The molecule has 0 radical (unpaired) electrons. The summed E-state index contributed by atoms with van der Waals surface area (Å²) in [5.41, 5.74) is 4.46. The van der Waals surface area contributed by atoms with Crippen molar-refractivity contribution >= 4 is 23.0 Å². The number of benzene rings is 2. The zero-order chi connectivity index (χ0) is 22.8. The summed E-state index contributed by atoms with van der Waals surface area (Å²) in [6.45, 7) is 1.79. The van der Waals surface area contributed by atoms with Gasteiger partial charge in [-0.05, 0) is 36.2 Å². The fourth-order valence-corrected chi connectivity index (χ4v) is 3.68. The van der Waals surface area contributed by atoms with E-state index >= 15 is 0 Å². The molecule has 4 aromatic rings. The highest BCUT2D eigenvalue weighted by atomic mass is 32.1. The SMILES string of the molecule is COc1cn(Cc2cc(F)c(F)c(F)c2)c(Nc2cc(-c3cscn3)ccc2C)nc1=O. The molecule has 1 N–H and O–H groups in total. The number of hydrogen-bond donors (Lipinski definition) is 1. The average Bonchev–Trinajstić information content (AvgIpc) is 3.30. The third-order valence-corrected chi connectivity index (χ3v) is 5.38. The van der Waals surface area contributed by atoms with E-state index < -0.39 is 23.0 Å². The number of rotatable bonds is 6. The molecule has 0 unspecified atom stereocenters. The highest BCUT2D eigenvalue weighted by molar-refractivity contribution is 7.07. The van der Waals surface area contributed by atoms with Gasteiger partial charge < -0.3 is 14.6 Å². The molecule has 0 saturated carbocycles. The van der Waals surface area contributed by atoms with Crippen LogP contribution in [0.4, 0.5) is 24.8 Å². The second kappa shape index (κ2) is 8.83. The lowest BCUT2D eigenvalue weighted by molar-refractivity contribution is 0.402. The Bertz CT molecular complexity index is 1320. The van der Waals surface area contributed by atoms with E-state index in [9.17, 15) is 18.0 Å². The van der Waals surface area contributed by atoms with Gasteiger partial charge in [0.05, 0.1) is 31.1 Å². The molecule has 0 aliphatic heterocycles. The Morgan fingerprint density at radius 1 is 1.16 bits per heavy atom. The van der Waals surface area contributed by atoms with Crippen molar-refractivity contribution in [1.82, 2.24) is 14.5 Å². The topological polar surface area (TPSA) is 69.0 Å². The molecule has 2 aromatic carbocycles. The number of halogens is 3. The maximum atomic E-state index is 13.7. The van der Waals surface area contributed by atoms with Crippen LogP contribution in [0.5, 0.6) is 5.75 Å². The summed E-state index contributed by atoms with van der Waals surface area (Å²) < 4.78 is 47.2. The van der Waals surface area contributed by atoms with Gasteiger partial charge in [0, 0.05) is 16.6 Å². The summed E-state index contributed by atoms with van der Waals surface area (Å²) in [6.07, 6.45) is 1.37. The Hall–Kier alpha value is -3.66. The normalized spacial score (nSPS) is 10.9. The molecule has 6 nitrogen and oxygen atoms in total. The highest BCUT2D eigenvalue weighted by Gasteiger charge is 2.15. The number of anilines is 2. The fraction of sp³-hybridized carbons (Fsp3) is 0.136. The zero-order valence-electron chi connectivity index (χ0n) is 17.0.